The van der Waals surface area contributed by atoms with Gasteiger partial charge in [0, 0.05) is 6.61 Å². The highest BCUT2D eigenvalue weighted by atomic mass is 16.5. The fraction of sp³-hybridized carbons (Fsp3) is 1.00. The van der Waals surface area contributed by atoms with Gasteiger partial charge in [0.25, 0.3) is 0 Å². The summed E-state index contributed by atoms with van der Waals surface area (Å²) in [5.41, 5.74) is 0.293. The third kappa shape index (κ3) is 6.09. The van der Waals surface area contributed by atoms with Crippen LogP contribution in [0.3, 0.4) is 0 Å². The van der Waals surface area contributed by atoms with Crippen LogP contribution in [-0.4, -0.2) is 12.7 Å². The number of ether oxygens (including phenoxy) is 1. The van der Waals surface area contributed by atoms with Crippen molar-refractivity contribution >= 4 is 0 Å². The average Bonchev–Trinajstić information content (AvgIpc) is 2.02. The summed E-state index contributed by atoms with van der Waals surface area (Å²) in [4.78, 5) is 0. The molecule has 1 unspecified atom stereocenters. The average molecular weight is 186 g/mol. The van der Waals surface area contributed by atoms with Gasteiger partial charge < -0.3 is 4.74 Å². The monoisotopic (exact) mass is 186 g/mol. The van der Waals surface area contributed by atoms with Crippen LogP contribution in [0.4, 0.5) is 0 Å². The van der Waals surface area contributed by atoms with E-state index >= 15 is 0 Å². The number of hydrogen-bond donors (Lipinski definition) is 0. The van der Waals surface area contributed by atoms with Crippen LogP contribution in [0.2, 0.25) is 0 Å². The molecule has 0 fully saturated rings. The van der Waals surface area contributed by atoms with E-state index in [4.69, 9.17) is 4.74 Å². The third-order valence-corrected chi connectivity index (χ3v) is 2.40. The van der Waals surface area contributed by atoms with E-state index in [2.05, 4.69) is 34.6 Å². The molecule has 13 heavy (non-hydrogen) atoms. The van der Waals surface area contributed by atoms with Gasteiger partial charge in [0.15, 0.2) is 0 Å². The lowest BCUT2D eigenvalue weighted by Crippen LogP contribution is -2.28. The Hall–Kier alpha value is -0.0400. The van der Waals surface area contributed by atoms with Crippen molar-refractivity contribution in [3.63, 3.8) is 0 Å². The second kappa shape index (κ2) is 6.42. The van der Waals surface area contributed by atoms with E-state index in [0.717, 1.165) is 13.0 Å². The van der Waals surface area contributed by atoms with Crippen LogP contribution in [0.1, 0.15) is 60.3 Å². The van der Waals surface area contributed by atoms with Crippen molar-refractivity contribution in [1.29, 1.82) is 0 Å². The molecule has 0 N–H and O–H groups in total. The minimum atomic E-state index is 0.293. The van der Waals surface area contributed by atoms with E-state index in [9.17, 15) is 0 Å². The molecule has 0 saturated carbocycles. The van der Waals surface area contributed by atoms with Gasteiger partial charge in [-0.1, -0.05) is 47.5 Å². The zero-order valence-corrected chi connectivity index (χ0v) is 10.0. The predicted molar refractivity (Wildman–Crippen MR) is 59.0 cm³/mol. The first-order valence-electron chi connectivity index (χ1n) is 5.64. The molecule has 0 spiro atoms. The second-order valence-corrected chi connectivity index (χ2v) is 4.84. The van der Waals surface area contributed by atoms with Crippen molar-refractivity contribution in [2.24, 2.45) is 5.41 Å². The van der Waals surface area contributed by atoms with Crippen molar-refractivity contribution in [2.45, 2.75) is 66.4 Å². The summed E-state index contributed by atoms with van der Waals surface area (Å²) in [6.45, 7) is 12.1. The summed E-state index contributed by atoms with van der Waals surface area (Å²) in [5, 5.41) is 0. The molecule has 0 aromatic carbocycles. The maximum Gasteiger partial charge on any atom is 0.0620 e. The molecule has 0 heterocycles. The molecule has 0 saturated heterocycles. The first-order chi connectivity index (χ1) is 6.02. The van der Waals surface area contributed by atoms with Crippen LogP contribution in [0, 0.1) is 5.41 Å². The minimum absolute atomic E-state index is 0.293. The Labute approximate surface area is 83.9 Å². The van der Waals surface area contributed by atoms with Gasteiger partial charge in [-0.3, -0.25) is 0 Å². The standard InChI is InChI=1S/C12H26O/c1-6-8-9-10-13-11(7-2)12(3,4)5/h11H,6-10H2,1-5H3. The molecular formula is C12H26O. The maximum atomic E-state index is 5.86. The summed E-state index contributed by atoms with van der Waals surface area (Å²) >= 11 is 0. The maximum absolute atomic E-state index is 5.86. The third-order valence-electron chi connectivity index (χ3n) is 2.40. The highest BCUT2D eigenvalue weighted by Gasteiger charge is 2.22. The Kier molecular flexibility index (Phi) is 6.40. The van der Waals surface area contributed by atoms with Crippen LogP contribution in [-0.2, 0) is 4.74 Å². The zero-order valence-electron chi connectivity index (χ0n) is 10.0. The van der Waals surface area contributed by atoms with E-state index in [1.54, 1.807) is 0 Å². The lowest BCUT2D eigenvalue weighted by atomic mass is 9.87. The summed E-state index contributed by atoms with van der Waals surface area (Å²) in [7, 11) is 0. The van der Waals surface area contributed by atoms with Crippen molar-refractivity contribution < 1.29 is 4.74 Å². The number of hydrogen-bond acceptors (Lipinski definition) is 1. The highest BCUT2D eigenvalue weighted by molar-refractivity contribution is 4.72. The second-order valence-electron chi connectivity index (χ2n) is 4.84. The molecule has 0 aliphatic carbocycles. The molecule has 0 bridgehead atoms. The van der Waals surface area contributed by atoms with Gasteiger partial charge >= 0.3 is 0 Å². The van der Waals surface area contributed by atoms with Crippen LogP contribution in [0.15, 0.2) is 0 Å². The van der Waals surface area contributed by atoms with Crippen molar-refractivity contribution in [1.82, 2.24) is 0 Å². The lowest BCUT2D eigenvalue weighted by Gasteiger charge is -2.29. The van der Waals surface area contributed by atoms with Gasteiger partial charge in [0.2, 0.25) is 0 Å². The Morgan fingerprint density at radius 3 is 2.08 bits per heavy atom. The minimum Gasteiger partial charge on any atom is -0.378 e. The van der Waals surface area contributed by atoms with E-state index in [1.807, 2.05) is 0 Å². The van der Waals surface area contributed by atoms with Gasteiger partial charge in [-0.15, -0.1) is 0 Å². The highest BCUT2D eigenvalue weighted by Crippen LogP contribution is 2.24. The topological polar surface area (TPSA) is 9.23 Å². The summed E-state index contributed by atoms with van der Waals surface area (Å²) in [5.74, 6) is 0. The Morgan fingerprint density at radius 1 is 1.08 bits per heavy atom. The normalized spacial score (nSPS) is 14.5. The molecule has 1 heteroatoms. The van der Waals surface area contributed by atoms with Crippen molar-refractivity contribution in [2.75, 3.05) is 6.61 Å². The molecule has 1 atom stereocenters. The van der Waals surface area contributed by atoms with Crippen LogP contribution >= 0.6 is 0 Å². The Bertz CT molecular complexity index is 113. The SMILES string of the molecule is CCCCCOC(CC)C(C)(C)C. The summed E-state index contributed by atoms with van der Waals surface area (Å²) < 4.78 is 5.86. The van der Waals surface area contributed by atoms with Gasteiger partial charge in [-0.25, -0.2) is 0 Å². The first kappa shape index (κ1) is 13.0. The van der Waals surface area contributed by atoms with Gasteiger partial charge in [0.1, 0.15) is 0 Å². The molecule has 0 aromatic rings. The van der Waals surface area contributed by atoms with Crippen LogP contribution in [0.25, 0.3) is 0 Å². The van der Waals surface area contributed by atoms with Crippen molar-refractivity contribution in [3.8, 4) is 0 Å². The number of rotatable bonds is 6. The van der Waals surface area contributed by atoms with E-state index in [0.29, 0.717) is 11.5 Å². The van der Waals surface area contributed by atoms with E-state index < -0.39 is 0 Å². The van der Waals surface area contributed by atoms with Crippen LogP contribution in [0.5, 0.6) is 0 Å². The molecule has 1 nitrogen and oxygen atoms in total. The largest absolute Gasteiger partial charge is 0.378 e. The molecule has 0 aliphatic heterocycles. The Balaban J connectivity index is 3.61. The van der Waals surface area contributed by atoms with E-state index in [1.165, 1.54) is 19.3 Å². The fourth-order valence-electron chi connectivity index (χ4n) is 1.56. The molecule has 80 valence electrons. The summed E-state index contributed by atoms with van der Waals surface area (Å²) in [6, 6.07) is 0. The lowest BCUT2D eigenvalue weighted by molar-refractivity contribution is -0.0211. The summed E-state index contributed by atoms with van der Waals surface area (Å²) in [6.07, 6.45) is 5.32. The molecule has 0 aromatic heterocycles. The van der Waals surface area contributed by atoms with Gasteiger partial charge in [-0.05, 0) is 18.3 Å². The molecular weight excluding hydrogens is 160 g/mol. The molecule has 0 rings (SSSR count). The number of unbranched alkanes of at least 4 members (excludes halogenated alkanes) is 2. The molecule has 0 amide bonds. The van der Waals surface area contributed by atoms with Gasteiger partial charge in [-0.2, -0.15) is 0 Å². The van der Waals surface area contributed by atoms with Crippen LogP contribution < -0.4 is 0 Å². The smallest absolute Gasteiger partial charge is 0.0620 e. The van der Waals surface area contributed by atoms with E-state index in [-0.39, 0.29) is 0 Å². The van der Waals surface area contributed by atoms with Crippen molar-refractivity contribution in [3.05, 3.63) is 0 Å². The first-order valence-corrected chi connectivity index (χ1v) is 5.64. The zero-order chi connectivity index (χ0) is 10.3. The molecule has 0 aliphatic rings. The Morgan fingerprint density at radius 2 is 1.69 bits per heavy atom. The quantitative estimate of drug-likeness (QED) is 0.569. The molecule has 0 radical (unpaired) electrons. The fourth-order valence-corrected chi connectivity index (χ4v) is 1.56. The van der Waals surface area contributed by atoms with Gasteiger partial charge in [0.05, 0.1) is 6.10 Å². The predicted octanol–water partition coefficient (Wildman–Crippen LogP) is 4.02.